The molecule has 5 nitrogen and oxygen atoms in total. The molecule has 2 N–H and O–H groups in total. The van der Waals surface area contributed by atoms with E-state index in [0.29, 0.717) is 12.1 Å². The van der Waals surface area contributed by atoms with Crippen LogP contribution in [0.4, 0.5) is 5.69 Å². The minimum atomic E-state index is -0.426. The summed E-state index contributed by atoms with van der Waals surface area (Å²) in [4.78, 5) is 14.2. The summed E-state index contributed by atoms with van der Waals surface area (Å²) >= 11 is 0. The lowest BCUT2D eigenvalue weighted by Gasteiger charge is -2.21. The van der Waals surface area contributed by atoms with Crippen LogP contribution >= 0.6 is 0 Å². The maximum atomic E-state index is 10.5. The maximum Gasteiger partial charge on any atom is 0.272 e. The van der Waals surface area contributed by atoms with Gasteiger partial charge in [0.05, 0.1) is 4.92 Å². The minimum absolute atomic E-state index is 0.0619. The van der Waals surface area contributed by atoms with Crippen LogP contribution in [-0.2, 0) is 6.42 Å². The molecule has 1 unspecified atom stereocenters. The zero-order valence-electron chi connectivity index (χ0n) is 8.93. The van der Waals surface area contributed by atoms with Crippen molar-refractivity contribution in [2.75, 3.05) is 0 Å². The first-order chi connectivity index (χ1) is 6.94. The predicted octanol–water partition coefficient (Wildman–Crippen LogP) is 1.66. The van der Waals surface area contributed by atoms with Gasteiger partial charge in [-0.3, -0.25) is 15.1 Å². The number of aromatic nitrogens is 1. The zero-order chi connectivity index (χ0) is 11.5. The summed E-state index contributed by atoms with van der Waals surface area (Å²) in [5.41, 5.74) is 6.33. The average molecular weight is 209 g/mol. The lowest BCUT2D eigenvalue weighted by atomic mass is 9.94. The highest BCUT2D eigenvalue weighted by atomic mass is 16.6. The highest BCUT2D eigenvalue weighted by Crippen LogP contribution is 2.16. The quantitative estimate of drug-likeness (QED) is 0.604. The van der Waals surface area contributed by atoms with Crippen molar-refractivity contribution in [2.45, 2.75) is 32.2 Å². The second-order valence-electron chi connectivity index (χ2n) is 3.95. The summed E-state index contributed by atoms with van der Waals surface area (Å²) in [5.74, 6) is 0. The van der Waals surface area contributed by atoms with Crippen LogP contribution < -0.4 is 5.73 Å². The van der Waals surface area contributed by atoms with Crippen molar-refractivity contribution in [1.29, 1.82) is 0 Å². The SMILES string of the molecule is CCC(C)(N)Cc1cc([N+](=O)[O-])ccn1. The lowest BCUT2D eigenvalue weighted by Crippen LogP contribution is -2.37. The second kappa shape index (κ2) is 4.35. The first kappa shape index (κ1) is 11.6. The van der Waals surface area contributed by atoms with E-state index in [-0.39, 0.29) is 11.2 Å². The molecule has 0 spiro atoms. The highest BCUT2D eigenvalue weighted by molar-refractivity contribution is 5.30. The number of nitrogens with two attached hydrogens (primary N) is 1. The van der Waals surface area contributed by atoms with E-state index in [9.17, 15) is 10.1 Å². The maximum absolute atomic E-state index is 10.5. The molecule has 1 atom stereocenters. The first-order valence-corrected chi connectivity index (χ1v) is 4.83. The zero-order valence-corrected chi connectivity index (χ0v) is 8.93. The van der Waals surface area contributed by atoms with E-state index in [0.717, 1.165) is 6.42 Å². The Morgan fingerprint density at radius 2 is 2.33 bits per heavy atom. The number of pyridine rings is 1. The highest BCUT2D eigenvalue weighted by Gasteiger charge is 2.18. The molecule has 0 aliphatic carbocycles. The van der Waals surface area contributed by atoms with Crippen LogP contribution in [0, 0.1) is 10.1 Å². The molecule has 0 bridgehead atoms. The molecule has 15 heavy (non-hydrogen) atoms. The summed E-state index contributed by atoms with van der Waals surface area (Å²) in [6.45, 7) is 3.89. The van der Waals surface area contributed by atoms with Gasteiger partial charge in [-0.15, -0.1) is 0 Å². The Bertz CT molecular complexity index is 363. The largest absolute Gasteiger partial charge is 0.325 e. The van der Waals surface area contributed by atoms with E-state index in [2.05, 4.69) is 4.98 Å². The Morgan fingerprint density at radius 3 is 2.87 bits per heavy atom. The van der Waals surface area contributed by atoms with Crippen molar-refractivity contribution < 1.29 is 4.92 Å². The predicted molar refractivity (Wildman–Crippen MR) is 57.5 cm³/mol. The monoisotopic (exact) mass is 209 g/mol. The van der Waals surface area contributed by atoms with Gasteiger partial charge in [-0.25, -0.2) is 0 Å². The van der Waals surface area contributed by atoms with Gasteiger partial charge in [0.15, 0.2) is 0 Å². The number of nitro groups is 1. The fourth-order valence-corrected chi connectivity index (χ4v) is 1.21. The Balaban J connectivity index is 2.87. The summed E-state index contributed by atoms with van der Waals surface area (Å²) < 4.78 is 0. The van der Waals surface area contributed by atoms with E-state index >= 15 is 0 Å². The lowest BCUT2D eigenvalue weighted by molar-refractivity contribution is -0.385. The molecule has 1 rings (SSSR count). The fraction of sp³-hybridized carbons (Fsp3) is 0.500. The Kier molecular flexibility index (Phi) is 3.36. The molecule has 1 heterocycles. The van der Waals surface area contributed by atoms with E-state index in [1.165, 1.54) is 18.3 Å². The summed E-state index contributed by atoms with van der Waals surface area (Å²) in [6.07, 6.45) is 2.79. The third-order valence-corrected chi connectivity index (χ3v) is 2.40. The van der Waals surface area contributed by atoms with Crippen LogP contribution in [-0.4, -0.2) is 15.4 Å². The van der Waals surface area contributed by atoms with Crippen LogP contribution in [0.15, 0.2) is 18.3 Å². The Labute approximate surface area is 88.5 Å². The van der Waals surface area contributed by atoms with Gasteiger partial charge >= 0.3 is 0 Å². The normalized spacial score (nSPS) is 14.6. The molecule has 0 aromatic carbocycles. The third kappa shape index (κ3) is 3.28. The van der Waals surface area contributed by atoms with E-state index < -0.39 is 4.92 Å². The van der Waals surface area contributed by atoms with Crippen LogP contribution in [0.3, 0.4) is 0 Å². The van der Waals surface area contributed by atoms with Gasteiger partial charge in [0, 0.05) is 36.0 Å². The topological polar surface area (TPSA) is 82.0 Å². The van der Waals surface area contributed by atoms with Crippen molar-refractivity contribution in [3.63, 3.8) is 0 Å². The molecule has 0 aliphatic heterocycles. The standard InChI is InChI=1S/C10H15N3O2/c1-3-10(2,11)7-8-6-9(13(14)15)4-5-12-8/h4-6H,3,7,11H2,1-2H3. The molecule has 0 saturated heterocycles. The molecule has 0 amide bonds. The van der Waals surface area contributed by atoms with Gasteiger partial charge in [-0.05, 0) is 13.3 Å². The second-order valence-corrected chi connectivity index (χ2v) is 3.95. The van der Waals surface area contributed by atoms with Gasteiger partial charge in [0.1, 0.15) is 0 Å². The summed E-state index contributed by atoms with van der Waals surface area (Å²) in [7, 11) is 0. The van der Waals surface area contributed by atoms with Gasteiger partial charge in [0.25, 0.3) is 5.69 Å². The number of hydrogen-bond acceptors (Lipinski definition) is 4. The molecule has 0 fully saturated rings. The molecule has 1 aromatic rings. The summed E-state index contributed by atoms with van der Waals surface area (Å²) in [5, 5.41) is 10.5. The van der Waals surface area contributed by atoms with Crippen molar-refractivity contribution in [1.82, 2.24) is 4.98 Å². The van der Waals surface area contributed by atoms with Crippen molar-refractivity contribution in [3.05, 3.63) is 34.1 Å². The van der Waals surface area contributed by atoms with E-state index in [4.69, 9.17) is 5.73 Å². The van der Waals surface area contributed by atoms with Crippen molar-refractivity contribution in [2.24, 2.45) is 5.73 Å². The molecule has 5 heteroatoms. The van der Waals surface area contributed by atoms with Crippen LogP contribution in [0.2, 0.25) is 0 Å². The molecule has 82 valence electrons. The minimum Gasteiger partial charge on any atom is -0.325 e. The van der Waals surface area contributed by atoms with Gasteiger partial charge < -0.3 is 5.73 Å². The average Bonchev–Trinajstić information content (AvgIpc) is 2.17. The van der Waals surface area contributed by atoms with E-state index in [1.54, 1.807) is 0 Å². The molecule has 0 saturated carbocycles. The van der Waals surface area contributed by atoms with Crippen molar-refractivity contribution >= 4 is 5.69 Å². The number of rotatable bonds is 4. The summed E-state index contributed by atoms with van der Waals surface area (Å²) in [6, 6.07) is 2.85. The molecule has 0 aliphatic rings. The Morgan fingerprint density at radius 1 is 1.67 bits per heavy atom. The van der Waals surface area contributed by atoms with Gasteiger partial charge in [0.2, 0.25) is 0 Å². The Hall–Kier alpha value is -1.49. The smallest absolute Gasteiger partial charge is 0.272 e. The number of nitrogens with zero attached hydrogens (tertiary/aromatic N) is 2. The van der Waals surface area contributed by atoms with Gasteiger partial charge in [-0.2, -0.15) is 0 Å². The molecule has 0 radical (unpaired) electrons. The van der Waals surface area contributed by atoms with Crippen LogP contribution in [0.25, 0.3) is 0 Å². The van der Waals surface area contributed by atoms with E-state index in [1.807, 2.05) is 13.8 Å². The van der Waals surface area contributed by atoms with Crippen LogP contribution in [0.5, 0.6) is 0 Å². The third-order valence-electron chi connectivity index (χ3n) is 2.40. The molecule has 1 aromatic heterocycles. The van der Waals surface area contributed by atoms with Crippen molar-refractivity contribution in [3.8, 4) is 0 Å². The number of hydrogen-bond donors (Lipinski definition) is 1. The molecular weight excluding hydrogens is 194 g/mol. The molecular formula is C10H15N3O2. The van der Waals surface area contributed by atoms with Gasteiger partial charge in [-0.1, -0.05) is 6.92 Å². The van der Waals surface area contributed by atoms with Crippen LogP contribution in [0.1, 0.15) is 26.0 Å². The fourth-order valence-electron chi connectivity index (χ4n) is 1.21. The first-order valence-electron chi connectivity index (χ1n) is 4.83.